The zero-order valence-electron chi connectivity index (χ0n) is 20.5. The third kappa shape index (κ3) is 5.35. The number of carbonyl (C=O) groups is 1. The van der Waals surface area contributed by atoms with Crippen molar-refractivity contribution in [2.75, 3.05) is 21.3 Å². The number of benzene rings is 3. The fourth-order valence-corrected chi connectivity index (χ4v) is 4.20. The molecule has 0 saturated carbocycles. The van der Waals surface area contributed by atoms with Crippen molar-refractivity contribution >= 4 is 16.9 Å². The lowest BCUT2D eigenvalue weighted by Crippen LogP contribution is -2.26. The van der Waals surface area contributed by atoms with E-state index in [1.165, 1.54) is 33.5 Å². The minimum atomic E-state index is -0.928. The van der Waals surface area contributed by atoms with Gasteiger partial charge in [0.15, 0.2) is 11.5 Å². The highest BCUT2D eigenvalue weighted by molar-refractivity contribution is 5.85. The molecule has 4 rings (SSSR count). The Bertz CT molecular complexity index is 1460. The molecule has 3 aromatic carbocycles. The number of methoxy groups -OCH3 is 3. The lowest BCUT2D eigenvalue weighted by atomic mass is 9.87. The summed E-state index contributed by atoms with van der Waals surface area (Å²) >= 11 is 0. The van der Waals surface area contributed by atoms with Crippen molar-refractivity contribution in [3.8, 4) is 23.0 Å². The minimum absolute atomic E-state index is 0.0788. The Hall–Kier alpha value is -4.53. The van der Waals surface area contributed by atoms with Gasteiger partial charge in [0.2, 0.25) is 11.7 Å². The van der Waals surface area contributed by atoms with E-state index < -0.39 is 17.5 Å². The second-order valence-electron chi connectivity index (χ2n) is 8.27. The fraction of sp³-hybridized carbons (Fsp3) is 0.214. The first kappa shape index (κ1) is 25.6. The fourth-order valence-electron chi connectivity index (χ4n) is 4.20. The molecule has 1 heterocycles. The van der Waals surface area contributed by atoms with Crippen LogP contribution in [0.2, 0.25) is 0 Å². The summed E-state index contributed by atoms with van der Waals surface area (Å²) in [5, 5.41) is 14.3. The molecule has 192 valence electrons. The van der Waals surface area contributed by atoms with Gasteiger partial charge in [-0.05, 0) is 47.5 Å². The third-order valence-electron chi connectivity index (χ3n) is 6.05. The molecule has 37 heavy (non-hydrogen) atoms. The van der Waals surface area contributed by atoms with Crippen molar-refractivity contribution in [3.63, 3.8) is 0 Å². The largest absolute Gasteiger partial charge is 0.507 e. The van der Waals surface area contributed by atoms with Crippen molar-refractivity contribution < 1.29 is 32.9 Å². The van der Waals surface area contributed by atoms with Gasteiger partial charge in [-0.2, -0.15) is 0 Å². The monoisotopic (exact) mass is 507 g/mol. The molecule has 0 fully saturated rings. The van der Waals surface area contributed by atoms with E-state index >= 15 is 0 Å². The zero-order chi connectivity index (χ0) is 26.5. The van der Waals surface area contributed by atoms with Gasteiger partial charge in [-0.25, -0.2) is 9.18 Å². The summed E-state index contributed by atoms with van der Waals surface area (Å²) in [7, 11) is 4.37. The number of ether oxygens (including phenoxy) is 3. The third-order valence-corrected chi connectivity index (χ3v) is 6.05. The molecule has 0 spiro atoms. The Kier molecular flexibility index (Phi) is 7.62. The van der Waals surface area contributed by atoms with Gasteiger partial charge in [-0.1, -0.05) is 24.3 Å². The molecule has 0 aliphatic rings. The number of para-hydroxylation sites is 1. The van der Waals surface area contributed by atoms with Crippen molar-refractivity contribution in [2.45, 2.75) is 18.9 Å². The van der Waals surface area contributed by atoms with Gasteiger partial charge < -0.3 is 29.1 Å². The van der Waals surface area contributed by atoms with E-state index in [0.717, 1.165) is 0 Å². The highest BCUT2D eigenvalue weighted by Crippen LogP contribution is 2.43. The average Bonchev–Trinajstić information content (AvgIpc) is 2.91. The zero-order valence-corrected chi connectivity index (χ0v) is 20.5. The van der Waals surface area contributed by atoms with Gasteiger partial charge in [0, 0.05) is 18.9 Å². The molecule has 0 bridgehead atoms. The summed E-state index contributed by atoms with van der Waals surface area (Å²) in [5.41, 5.74) is 0.529. The maximum absolute atomic E-state index is 13.2. The predicted octanol–water partition coefficient (Wildman–Crippen LogP) is 4.50. The lowest BCUT2D eigenvalue weighted by Gasteiger charge is -2.21. The van der Waals surface area contributed by atoms with E-state index in [4.69, 9.17) is 18.6 Å². The smallest absolute Gasteiger partial charge is 0.343 e. The average molecular weight is 508 g/mol. The summed E-state index contributed by atoms with van der Waals surface area (Å²) < 4.78 is 35.0. The first-order valence-corrected chi connectivity index (χ1v) is 11.4. The summed E-state index contributed by atoms with van der Waals surface area (Å²) in [6.07, 6.45) is -0.212. The molecule has 1 amide bonds. The Balaban J connectivity index is 1.79. The van der Waals surface area contributed by atoms with Crippen LogP contribution in [0.3, 0.4) is 0 Å². The van der Waals surface area contributed by atoms with Crippen molar-refractivity contribution in [2.24, 2.45) is 0 Å². The molecule has 9 heteroatoms. The number of fused-ring (bicyclic) bond motifs is 1. The number of carbonyl (C=O) groups excluding carboxylic acids is 1. The molecule has 0 aliphatic carbocycles. The van der Waals surface area contributed by atoms with E-state index in [-0.39, 0.29) is 35.7 Å². The lowest BCUT2D eigenvalue weighted by molar-refractivity contribution is -0.121. The molecular formula is C28H26FNO7. The number of hydrogen-bond acceptors (Lipinski definition) is 7. The first-order chi connectivity index (χ1) is 17.9. The number of halogens is 1. The Labute approximate surface area is 212 Å². The van der Waals surface area contributed by atoms with Crippen molar-refractivity contribution in [1.29, 1.82) is 0 Å². The summed E-state index contributed by atoms with van der Waals surface area (Å²) in [5.74, 6) is -1.02. The number of nitrogens with one attached hydrogen (secondary N) is 1. The second-order valence-corrected chi connectivity index (χ2v) is 8.27. The molecular weight excluding hydrogens is 481 g/mol. The highest BCUT2D eigenvalue weighted by Gasteiger charge is 2.29. The molecule has 0 aliphatic heterocycles. The van der Waals surface area contributed by atoms with Gasteiger partial charge in [-0.3, -0.25) is 4.79 Å². The number of amides is 1. The molecule has 8 nitrogen and oxygen atoms in total. The molecule has 1 unspecified atom stereocenters. The Morgan fingerprint density at radius 2 is 1.65 bits per heavy atom. The molecule has 2 N–H and O–H groups in total. The van der Waals surface area contributed by atoms with Crippen LogP contribution in [0.4, 0.5) is 4.39 Å². The van der Waals surface area contributed by atoms with E-state index in [1.807, 2.05) is 0 Å². The molecule has 4 aromatic rings. The van der Waals surface area contributed by atoms with Crippen LogP contribution in [0, 0.1) is 5.82 Å². The van der Waals surface area contributed by atoms with Crippen molar-refractivity contribution in [1.82, 2.24) is 5.32 Å². The summed E-state index contributed by atoms with van der Waals surface area (Å²) in [6.45, 7) is 0.152. The Morgan fingerprint density at radius 3 is 2.27 bits per heavy atom. The number of rotatable bonds is 9. The molecule has 0 radical (unpaired) electrons. The molecule has 1 atom stereocenters. The maximum atomic E-state index is 13.2. The van der Waals surface area contributed by atoms with Crippen LogP contribution in [0.15, 0.2) is 69.9 Å². The van der Waals surface area contributed by atoms with Crippen LogP contribution in [-0.2, 0) is 11.3 Å². The first-order valence-electron chi connectivity index (χ1n) is 11.4. The predicted molar refractivity (Wildman–Crippen MR) is 135 cm³/mol. The van der Waals surface area contributed by atoms with Crippen molar-refractivity contribution in [3.05, 3.63) is 93.6 Å². The number of aromatic hydroxyl groups is 1. The van der Waals surface area contributed by atoms with Gasteiger partial charge in [-0.15, -0.1) is 0 Å². The van der Waals surface area contributed by atoms with E-state index in [0.29, 0.717) is 33.8 Å². The van der Waals surface area contributed by atoms with E-state index in [2.05, 4.69) is 5.32 Å². The van der Waals surface area contributed by atoms with Gasteiger partial charge in [0.1, 0.15) is 17.1 Å². The van der Waals surface area contributed by atoms with Crippen LogP contribution in [-0.4, -0.2) is 32.3 Å². The van der Waals surface area contributed by atoms with Crippen LogP contribution in [0.1, 0.15) is 29.0 Å². The van der Waals surface area contributed by atoms with Crippen LogP contribution >= 0.6 is 0 Å². The van der Waals surface area contributed by atoms with Crippen LogP contribution < -0.4 is 25.2 Å². The summed E-state index contributed by atoms with van der Waals surface area (Å²) in [6, 6.07) is 15.6. The van der Waals surface area contributed by atoms with Gasteiger partial charge in [0.05, 0.1) is 32.3 Å². The van der Waals surface area contributed by atoms with E-state index in [9.17, 15) is 19.1 Å². The van der Waals surface area contributed by atoms with Gasteiger partial charge >= 0.3 is 5.63 Å². The van der Waals surface area contributed by atoms with Crippen LogP contribution in [0.5, 0.6) is 23.0 Å². The highest BCUT2D eigenvalue weighted by atomic mass is 19.1. The normalized spacial score (nSPS) is 11.7. The minimum Gasteiger partial charge on any atom is -0.507 e. The Morgan fingerprint density at radius 1 is 1.00 bits per heavy atom. The van der Waals surface area contributed by atoms with E-state index in [1.54, 1.807) is 48.5 Å². The molecule has 1 aromatic heterocycles. The van der Waals surface area contributed by atoms with Crippen LogP contribution in [0.25, 0.3) is 11.0 Å². The maximum Gasteiger partial charge on any atom is 0.343 e. The molecule has 0 saturated heterocycles. The second kappa shape index (κ2) is 11.0. The van der Waals surface area contributed by atoms with Gasteiger partial charge in [0.25, 0.3) is 0 Å². The SMILES string of the molecule is COc1cc(C(CC(=O)NCc2ccc(F)cc2)c2c(O)c3ccccc3oc2=O)cc(OC)c1OC. The summed E-state index contributed by atoms with van der Waals surface area (Å²) in [4.78, 5) is 26.2. The quantitative estimate of drug-likeness (QED) is 0.321. The topological polar surface area (TPSA) is 107 Å². The number of hydrogen-bond donors (Lipinski definition) is 2. The standard InChI is InChI=1S/C28H26FNO7/c1-34-22-12-17(13-23(35-2)27(22)36-3)20(14-24(31)30-15-16-8-10-18(29)11-9-16)25-26(32)19-6-4-5-7-21(19)37-28(25)33/h4-13,20,32H,14-15H2,1-3H3,(H,30,31).